The van der Waals surface area contributed by atoms with Gasteiger partial charge in [-0.05, 0) is 70.8 Å². The molecule has 0 heterocycles. The average molecular weight is 801 g/mol. The molecule has 58 heavy (non-hydrogen) atoms. The first-order chi connectivity index (χ1) is 27.3. The number of aliphatic hydroxyl groups excluding tert-OH is 1. The molecule has 0 saturated carbocycles. The first-order valence-electron chi connectivity index (χ1n) is 20.1. The number of rotatable bonds is 18. The second-order valence-electron chi connectivity index (χ2n) is 16.2. The number of carboxylic acids is 1. The summed E-state index contributed by atoms with van der Waals surface area (Å²) >= 11 is 0. The van der Waals surface area contributed by atoms with Gasteiger partial charge in [0.25, 0.3) is 0 Å². The highest BCUT2D eigenvalue weighted by molar-refractivity contribution is 5.72. The quantitative estimate of drug-likeness (QED) is 0.0607. The number of carbonyl (C=O) groups excluding carboxylic acids is 3. The highest BCUT2D eigenvalue weighted by Crippen LogP contribution is 2.43. The van der Waals surface area contributed by atoms with E-state index in [1.54, 1.807) is 7.11 Å². The zero-order chi connectivity index (χ0) is 44.3. The Morgan fingerprint density at radius 2 is 1.26 bits per heavy atom. The summed E-state index contributed by atoms with van der Waals surface area (Å²) in [5.74, 6) is -0.798. The zero-order valence-corrected chi connectivity index (χ0v) is 37.3. The molecule has 320 valence electrons. The molecule has 2 rings (SSSR count). The standard InChI is InChI=1S/C45H62O4.C4H6O3.CH4O/c1-33(19-14-21-35(3)24-26-41-37(5)29-39(48-11)31-44(41,7)8)17-12-13-18-34(2)20-15-22-36(4)25-27-42-38(6)30-40(32-45(42,9)10)49-43(47)23-16-28-46;5-3-1-2-4(6)7;1-2/h12-15,17-22,24-29,39-41H,16,23,30-32H2,1-11H3;3H,1-2H2,(H,6,7);2H,1H3/b13-12+,19-14+,20-15+,26-24+,27-25+,33-17+,34-18+,35-21+,36-22+;;. The molecule has 2 N–H and O–H groups in total. The summed E-state index contributed by atoms with van der Waals surface area (Å²) in [5.41, 5.74) is 8.72. The van der Waals surface area contributed by atoms with Crippen molar-refractivity contribution in [1.82, 2.24) is 0 Å². The highest BCUT2D eigenvalue weighted by Gasteiger charge is 2.35. The zero-order valence-electron chi connectivity index (χ0n) is 37.3. The molecule has 0 aromatic heterocycles. The van der Waals surface area contributed by atoms with E-state index in [0.717, 1.165) is 38.2 Å². The van der Waals surface area contributed by atoms with Gasteiger partial charge in [0.15, 0.2) is 0 Å². The number of esters is 1. The maximum Gasteiger partial charge on any atom is 0.306 e. The minimum atomic E-state index is -0.924. The monoisotopic (exact) mass is 801 g/mol. The number of aliphatic hydroxyl groups is 1. The minimum absolute atomic E-state index is 0.0521. The van der Waals surface area contributed by atoms with Gasteiger partial charge in [-0.3, -0.25) is 9.59 Å². The van der Waals surface area contributed by atoms with Gasteiger partial charge in [0.1, 0.15) is 18.7 Å². The van der Waals surface area contributed by atoms with Crippen molar-refractivity contribution in [2.24, 2.45) is 16.7 Å². The number of hydrogen-bond donors (Lipinski definition) is 2. The van der Waals surface area contributed by atoms with Crippen LogP contribution in [0, 0.1) is 16.7 Å². The summed E-state index contributed by atoms with van der Waals surface area (Å²) in [7, 11) is 2.79. The van der Waals surface area contributed by atoms with Crippen LogP contribution in [-0.4, -0.2) is 61.2 Å². The summed E-state index contributed by atoms with van der Waals surface area (Å²) in [4.78, 5) is 41.6. The van der Waals surface area contributed by atoms with Crippen molar-refractivity contribution in [3.63, 3.8) is 0 Å². The molecule has 0 bridgehead atoms. The van der Waals surface area contributed by atoms with E-state index < -0.39 is 5.97 Å². The van der Waals surface area contributed by atoms with E-state index in [4.69, 9.17) is 19.7 Å². The van der Waals surface area contributed by atoms with Crippen LogP contribution in [-0.2, 0) is 28.7 Å². The third-order valence-corrected chi connectivity index (χ3v) is 9.84. The van der Waals surface area contributed by atoms with E-state index in [-0.39, 0.29) is 54.7 Å². The molecule has 0 aromatic rings. The summed E-state index contributed by atoms with van der Waals surface area (Å²) < 4.78 is 11.3. The van der Waals surface area contributed by atoms with Crippen molar-refractivity contribution >= 4 is 24.5 Å². The molecule has 0 amide bonds. The second-order valence-corrected chi connectivity index (χ2v) is 16.2. The molecular weight excluding hydrogens is 729 g/mol. The van der Waals surface area contributed by atoms with E-state index in [1.165, 1.54) is 33.4 Å². The van der Waals surface area contributed by atoms with Crippen LogP contribution in [0.3, 0.4) is 0 Å². The fourth-order valence-electron chi connectivity index (χ4n) is 6.92. The Balaban J connectivity index is 0.00000324. The molecular formula is C50H72O8. The molecule has 0 aromatic carbocycles. The van der Waals surface area contributed by atoms with Crippen LogP contribution in [0.25, 0.3) is 0 Å². The maximum absolute atomic E-state index is 12.0. The van der Waals surface area contributed by atoms with E-state index in [9.17, 15) is 19.2 Å². The SMILES string of the molecule is CO.COC1C=C(C)C(/C=C/C(C)=C/C=C/C(C)=C/C=C/C=C(C)/C=C/C=C(C)/C=C/C2=C(C)CC(OC(=O)CCC=O)CC2(C)C)C(C)(C)C1.O=CCCC(=O)O. The van der Waals surface area contributed by atoms with E-state index in [2.05, 4.69) is 160 Å². The van der Waals surface area contributed by atoms with Crippen molar-refractivity contribution in [2.45, 2.75) is 126 Å². The second kappa shape index (κ2) is 28.7. The fraction of sp³-hybridized carbons (Fsp3) is 0.480. The van der Waals surface area contributed by atoms with Crippen molar-refractivity contribution < 1.29 is 38.9 Å². The minimum Gasteiger partial charge on any atom is -0.481 e. The average Bonchev–Trinajstić information content (AvgIpc) is 3.14. The molecule has 2 aliphatic rings. The van der Waals surface area contributed by atoms with Crippen LogP contribution in [0.1, 0.15) is 114 Å². The predicted octanol–water partition coefficient (Wildman–Crippen LogP) is 11.2. The van der Waals surface area contributed by atoms with Gasteiger partial charge < -0.3 is 29.3 Å². The lowest BCUT2D eigenvalue weighted by molar-refractivity contribution is -0.151. The number of hydrogen-bond acceptors (Lipinski definition) is 7. The van der Waals surface area contributed by atoms with Crippen LogP contribution in [0.4, 0.5) is 0 Å². The smallest absolute Gasteiger partial charge is 0.306 e. The van der Waals surface area contributed by atoms with Crippen molar-refractivity contribution in [3.05, 3.63) is 130 Å². The van der Waals surface area contributed by atoms with E-state index in [1.807, 2.05) is 0 Å². The molecule has 0 fully saturated rings. The Morgan fingerprint density at radius 3 is 1.72 bits per heavy atom. The number of allylic oxidation sites excluding steroid dienone is 20. The fourth-order valence-corrected chi connectivity index (χ4v) is 6.92. The number of aliphatic carboxylic acids is 1. The first kappa shape index (κ1) is 53.3. The van der Waals surface area contributed by atoms with Crippen LogP contribution in [0.5, 0.6) is 0 Å². The summed E-state index contributed by atoms with van der Waals surface area (Å²) in [6, 6.07) is 0. The Bertz CT molecular complexity index is 1680. The first-order valence-corrected chi connectivity index (χ1v) is 20.1. The summed E-state index contributed by atoms with van der Waals surface area (Å²) in [5, 5.41) is 14.9. The Labute approximate surface area is 349 Å². The molecule has 3 unspecified atom stereocenters. The van der Waals surface area contributed by atoms with Crippen LogP contribution >= 0.6 is 0 Å². The molecule has 0 spiro atoms. The maximum atomic E-state index is 12.0. The van der Waals surface area contributed by atoms with Gasteiger partial charge in [0, 0.05) is 39.4 Å². The van der Waals surface area contributed by atoms with Crippen LogP contribution < -0.4 is 0 Å². The summed E-state index contributed by atoms with van der Waals surface area (Å²) in [6.45, 7) is 21.8. The summed E-state index contributed by atoms with van der Waals surface area (Å²) in [6.07, 6.45) is 36.7. The van der Waals surface area contributed by atoms with Gasteiger partial charge in [-0.25, -0.2) is 0 Å². The lowest BCUT2D eigenvalue weighted by Gasteiger charge is -2.39. The largest absolute Gasteiger partial charge is 0.481 e. The van der Waals surface area contributed by atoms with Gasteiger partial charge >= 0.3 is 11.9 Å². The van der Waals surface area contributed by atoms with Crippen LogP contribution in [0.2, 0.25) is 0 Å². The van der Waals surface area contributed by atoms with Gasteiger partial charge in [-0.1, -0.05) is 152 Å². The molecule has 2 aliphatic carbocycles. The Kier molecular flexibility index (Phi) is 26.4. The molecule has 0 radical (unpaired) electrons. The van der Waals surface area contributed by atoms with E-state index >= 15 is 0 Å². The lowest BCUT2D eigenvalue weighted by Crippen LogP contribution is -2.33. The van der Waals surface area contributed by atoms with Gasteiger partial charge in [0.05, 0.1) is 18.9 Å². The van der Waals surface area contributed by atoms with Crippen molar-refractivity contribution in [3.8, 4) is 0 Å². The van der Waals surface area contributed by atoms with Crippen molar-refractivity contribution in [2.75, 3.05) is 14.2 Å². The van der Waals surface area contributed by atoms with Crippen LogP contribution in [0.15, 0.2) is 130 Å². The van der Waals surface area contributed by atoms with Gasteiger partial charge in [0.2, 0.25) is 0 Å². The third-order valence-electron chi connectivity index (χ3n) is 9.84. The highest BCUT2D eigenvalue weighted by atomic mass is 16.5. The Morgan fingerprint density at radius 1 is 0.759 bits per heavy atom. The number of aldehydes is 2. The number of methoxy groups -OCH3 is 1. The van der Waals surface area contributed by atoms with E-state index in [0.29, 0.717) is 12.2 Å². The number of carboxylic acid groups (broad SMARTS) is 1. The Hall–Kier alpha value is -4.66. The molecule has 3 atom stereocenters. The molecule has 0 aliphatic heterocycles. The number of ether oxygens (including phenoxy) is 2. The number of carbonyl (C=O) groups is 4. The van der Waals surface area contributed by atoms with Gasteiger partial charge in [-0.15, -0.1) is 0 Å². The van der Waals surface area contributed by atoms with Crippen molar-refractivity contribution in [1.29, 1.82) is 0 Å². The molecule has 0 saturated heterocycles. The topological polar surface area (TPSA) is 127 Å². The normalized spacial score (nSPS) is 21.5. The van der Waals surface area contributed by atoms with Gasteiger partial charge in [-0.2, -0.15) is 0 Å². The lowest BCUT2D eigenvalue weighted by atomic mass is 9.67. The molecule has 8 heteroatoms. The molecule has 8 nitrogen and oxygen atoms in total. The third kappa shape index (κ3) is 22.3. The predicted molar refractivity (Wildman–Crippen MR) is 239 cm³/mol.